The Morgan fingerprint density at radius 1 is 1.31 bits per heavy atom. The van der Waals surface area contributed by atoms with E-state index in [-0.39, 0.29) is 0 Å². The molecular weight excluding hydrogens is 249 g/mol. The van der Waals surface area contributed by atoms with Gasteiger partial charge in [-0.25, -0.2) is 4.99 Å². The Bertz CT molecular complexity index is 539. The molecule has 0 bridgehead atoms. The molecule has 4 nitrogen and oxygen atoms in total. The molecule has 0 aliphatic rings. The molecule has 1 N–H and O–H groups in total. The van der Waals surface area contributed by atoms with Crippen molar-refractivity contribution in [2.75, 3.05) is 7.11 Å². The summed E-state index contributed by atoms with van der Waals surface area (Å²) >= 11 is 12.0. The summed E-state index contributed by atoms with van der Waals surface area (Å²) in [7, 11) is 1.54. The van der Waals surface area contributed by atoms with E-state index >= 15 is 0 Å². The molecule has 1 aromatic carbocycles. The number of H-pyrrole nitrogens is 1. The highest BCUT2D eigenvalue weighted by molar-refractivity contribution is 6.38. The van der Waals surface area contributed by atoms with E-state index in [2.05, 4.69) is 9.98 Å². The molecule has 6 heteroatoms. The molecule has 0 saturated heterocycles. The van der Waals surface area contributed by atoms with Gasteiger partial charge in [0.05, 0.1) is 16.2 Å². The summed E-state index contributed by atoms with van der Waals surface area (Å²) in [6.45, 7) is 0. The molecule has 1 heterocycles. The summed E-state index contributed by atoms with van der Waals surface area (Å²) in [5, 5.41) is 0.981. The van der Waals surface area contributed by atoms with Gasteiger partial charge in [0.15, 0.2) is 0 Å². The third kappa shape index (κ3) is 2.08. The Balaban J connectivity index is 2.59. The maximum absolute atomic E-state index is 6.00. The summed E-state index contributed by atoms with van der Waals surface area (Å²) in [6.07, 6.45) is 3.40. The number of nitrogens with zero attached hydrogens (tertiary/aromatic N) is 2. The van der Waals surface area contributed by atoms with Crippen molar-refractivity contribution in [1.82, 2.24) is 9.71 Å². The van der Waals surface area contributed by atoms with Gasteiger partial charge in [0, 0.05) is 6.20 Å². The van der Waals surface area contributed by atoms with Gasteiger partial charge in [0.2, 0.25) is 5.62 Å². The van der Waals surface area contributed by atoms with Crippen molar-refractivity contribution in [3.8, 4) is 0 Å². The van der Waals surface area contributed by atoms with Crippen LogP contribution in [0.3, 0.4) is 0 Å². The Hall–Kier alpha value is -1.39. The molecule has 1 aromatic heterocycles. The average Bonchev–Trinajstić information content (AvgIpc) is 2.71. The van der Waals surface area contributed by atoms with E-state index in [1.807, 2.05) is 0 Å². The molecule has 0 saturated carbocycles. The van der Waals surface area contributed by atoms with Crippen LogP contribution in [-0.2, 0) is 0 Å². The van der Waals surface area contributed by atoms with Crippen LogP contribution in [0.1, 0.15) is 0 Å². The minimum Gasteiger partial charge on any atom is -0.414 e. The molecule has 0 spiro atoms. The van der Waals surface area contributed by atoms with Crippen molar-refractivity contribution in [3.05, 3.63) is 46.3 Å². The van der Waals surface area contributed by atoms with Crippen LogP contribution in [-0.4, -0.2) is 16.8 Å². The lowest BCUT2D eigenvalue weighted by atomic mass is 10.3. The summed E-state index contributed by atoms with van der Waals surface area (Å²) in [4.78, 5) is 12.2. The molecule has 16 heavy (non-hydrogen) atoms. The second kappa shape index (κ2) is 4.63. The van der Waals surface area contributed by atoms with Gasteiger partial charge < -0.3 is 9.82 Å². The summed E-state index contributed by atoms with van der Waals surface area (Å²) < 4.78 is 1.47. The molecular formula is C10H9Cl2N3O. The average molecular weight is 258 g/mol. The van der Waals surface area contributed by atoms with E-state index in [4.69, 9.17) is 28.0 Å². The second-order valence-corrected chi connectivity index (χ2v) is 3.79. The summed E-state index contributed by atoms with van der Waals surface area (Å²) in [5.41, 5.74) is 1.02. The fourth-order valence-electron chi connectivity index (χ4n) is 1.24. The van der Waals surface area contributed by atoms with Gasteiger partial charge in [-0.05, 0) is 12.1 Å². The predicted molar refractivity (Wildman–Crippen MR) is 63.0 cm³/mol. The molecule has 2 rings (SSSR count). The van der Waals surface area contributed by atoms with Crippen molar-refractivity contribution in [1.29, 1.82) is 0 Å². The SMILES string of the molecule is COn1cc[nH]c1=Nc1c(Cl)cccc1Cl. The predicted octanol–water partition coefficient (Wildman–Crippen LogP) is 2.41. The topological polar surface area (TPSA) is 42.3 Å². The lowest BCUT2D eigenvalue weighted by Crippen LogP contribution is -2.22. The van der Waals surface area contributed by atoms with Crippen LogP contribution < -0.4 is 10.5 Å². The van der Waals surface area contributed by atoms with E-state index in [0.29, 0.717) is 21.4 Å². The zero-order valence-electron chi connectivity index (χ0n) is 8.45. The van der Waals surface area contributed by atoms with E-state index in [9.17, 15) is 0 Å². The van der Waals surface area contributed by atoms with Crippen LogP contribution in [0.5, 0.6) is 0 Å². The number of para-hydroxylation sites is 1. The van der Waals surface area contributed by atoms with E-state index < -0.39 is 0 Å². The zero-order valence-corrected chi connectivity index (χ0v) is 9.96. The number of hydrogen-bond acceptors (Lipinski definition) is 2. The molecule has 0 aliphatic heterocycles. The maximum atomic E-state index is 6.00. The van der Waals surface area contributed by atoms with Crippen LogP contribution in [0, 0.1) is 0 Å². The number of hydrogen-bond donors (Lipinski definition) is 1. The minimum absolute atomic E-state index is 0.491. The van der Waals surface area contributed by atoms with Crippen molar-refractivity contribution in [2.45, 2.75) is 0 Å². The number of halogens is 2. The van der Waals surface area contributed by atoms with Crippen molar-refractivity contribution in [2.24, 2.45) is 4.99 Å². The largest absolute Gasteiger partial charge is 0.414 e. The fraction of sp³-hybridized carbons (Fsp3) is 0.100. The van der Waals surface area contributed by atoms with E-state index in [1.54, 1.807) is 37.7 Å². The third-order valence-electron chi connectivity index (χ3n) is 1.98. The first kappa shape index (κ1) is 11.1. The molecule has 2 aromatic rings. The van der Waals surface area contributed by atoms with Crippen LogP contribution in [0.15, 0.2) is 35.6 Å². The van der Waals surface area contributed by atoms with Gasteiger partial charge in [0.25, 0.3) is 0 Å². The second-order valence-electron chi connectivity index (χ2n) is 2.97. The van der Waals surface area contributed by atoms with Crippen LogP contribution in [0.25, 0.3) is 0 Å². The first-order chi connectivity index (χ1) is 7.72. The number of rotatable bonds is 2. The first-order valence-electron chi connectivity index (χ1n) is 4.51. The molecule has 0 radical (unpaired) electrons. The summed E-state index contributed by atoms with van der Waals surface area (Å²) in [5.74, 6) is 0. The van der Waals surface area contributed by atoms with Crippen molar-refractivity contribution in [3.63, 3.8) is 0 Å². The maximum Gasteiger partial charge on any atom is 0.241 e. The van der Waals surface area contributed by atoms with Gasteiger partial charge in [-0.1, -0.05) is 29.3 Å². The molecule has 84 valence electrons. The zero-order chi connectivity index (χ0) is 11.5. The Kier molecular flexibility index (Phi) is 3.22. The van der Waals surface area contributed by atoms with Crippen molar-refractivity contribution >= 4 is 28.9 Å². The number of aromatic amines is 1. The van der Waals surface area contributed by atoms with Gasteiger partial charge in [-0.2, -0.15) is 4.73 Å². The molecule has 0 atom stereocenters. The van der Waals surface area contributed by atoms with E-state index in [1.165, 1.54) is 4.73 Å². The van der Waals surface area contributed by atoms with Crippen LogP contribution in [0.2, 0.25) is 10.0 Å². The first-order valence-corrected chi connectivity index (χ1v) is 5.27. The highest BCUT2D eigenvalue weighted by atomic mass is 35.5. The lowest BCUT2D eigenvalue weighted by molar-refractivity contribution is 0.156. The summed E-state index contributed by atoms with van der Waals surface area (Å²) in [6, 6.07) is 5.22. The van der Waals surface area contributed by atoms with Gasteiger partial charge in [-0.3, -0.25) is 0 Å². The Morgan fingerprint density at radius 3 is 2.62 bits per heavy atom. The number of benzene rings is 1. The molecule has 0 aliphatic carbocycles. The number of aromatic nitrogens is 2. The van der Waals surface area contributed by atoms with Gasteiger partial charge in [0.1, 0.15) is 12.8 Å². The van der Waals surface area contributed by atoms with Crippen LogP contribution >= 0.6 is 23.2 Å². The molecule has 0 unspecified atom stereocenters. The normalized spacial score (nSPS) is 11.8. The highest BCUT2D eigenvalue weighted by Gasteiger charge is 2.04. The van der Waals surface area contributed by atoms with Gasteiger partial charge in [-0.15, -0.1) is 0 Å². The number of nitrogens with one attached hydrogen (secondary N) is 1. The van der Waals surface area contributed by atoms with Gasteiger partial charge >= 0.3 is 0 Å². The monoisotopic (exact) mass is 257 g/mol. The molecule has 0 fully saturated rings. The molecule has 0 amide bonds. The number of imidazole rings is 1. The lowest BCUT2D eigenvalue weighted by Gasteiger charge is -2.01. The van der Waals surface area contributed by atoms with Crippen LogP contribution in [0.4, 0.5) is 5.69 Å². The van der Waals surface area contributed by atoms with Crippen molar-refractivity contribution < 1.29 is 4.84 Å². The Morgan fingerprint density at radius 2 is 2.00 bits per heavy atom. The minimum atomic E-state index is 0.491. The fourth-order valence-corrected chi connectivity index (χ4v) is 1.73. The Labute approximate surface area is 102 Å². The smallest absolute Gasteiger partial charge is 0.241 e. The van der Waals surface area contributed by atoms with E-state index in [0.717, 1.165) is 0 Å². The quantitative estimate of drug-likeness (QED) is 0.883. The third-order valence-corrected chi connectivity index (χ3v) is 2.59. The standard InChI is InChI=1S/C10H9Cl2N3O/c1-16-15-6-5-13-10(15)14-9-7(11)3-2-4-8(9)12/h2-6H,1H3,(H,13,14). The highest BCUT2D eigenvalue weighted by Crippen LogP contribution is 2.31.